The molecule has 1 amide bonds. The lowest BCUT2D eigenvalue weighted by atomic mass is 10.1. The van der Waals surface area contributed by atoms with Crippen LogP contribution >= 0.6 is 0 Å². The third-order valence-corrected chi connectivity index (χ3v) is 8.44. The Bertz CT molecular complexity index is 258. The predicted octanol–water partition coefficient (Wildman–Crippen LogP) is 2.53. The van der Waals surface area contributed by atoms with E-state index in [4.69, 9.17) is 4.43 Å². The van der Waals surface area contributed by atoms with E-state index in [1.807, 2.05) is 0 Å². The summed E-state index contributed by atoms with van der Waals surface area (Å²) in [4.78, 5) is 11.4. The molecule has 3 nitrogen and oxygen atoms in total. The summed E-state index contributed by atoms with van der Waals surface area (Å²) in [5.74, 6) is 0.392. The minimum Gasteiger partial charge on any atom is -0.417 e. The van der Waals surface area contributed by atoms with E-state index in [9.17, 15) is 4.79 Å². The van der Waals surface area contributed by atoms with E-state index in [1.165, 1.54) is 0 Å². The molecule has 1 aliphatic rings. The van der Waals surface area contributed by atoms with Gasteiger partial charge in [0.25, 0.3) is 0 Å². The van der Waals surface area contributed by atoms with Crippen molar-refractivity contribution < 1.29 is 9.22 Å². The Morgan fingerprint density at radius 2 is 2.06 bits per heavy atom. The lowest BCUT2D eigenvalue weighted by molar-refractivity contribution is -0.122. The van der Waals surface area contributed by atoms with Gasteiger partial charge in [0, 0.05) is 19.1 Å². The van der Waals surface area contributed by atoms with Crippen molar-refractivity contribution in [1.82, 2.24) is 5.32 Å². The number of rotatable bonds is 4. The van der Waals surface area contributed by atoms with Crippen LogP contribution in [0, 0.1) is 5.92 Å². The Balaban J connectivity index is 2.32. The highest BCUT2D eigenvalue weighted by atomic mass is 28.4. The zero-order valence-electron chi connectivity index (χ0n) is 11.2. The van der Waals surface area contributed by atoms with Gasteiger partial charge in [-0.05, 0) is 31.0 Å². The van der Waals surface area contributed by atoms with Crippen LogP contribution in [0.4, 0.5) is 0 Å². The molecular weight excluding hydrogens is 218 g/mol. The fourth-order valence-electron chi connectivity index (χ4n) is 1.59. The smallest absolute Gasteiger partial charge is 0.223 e. The van der Waals surface area contributed by atoms with Crippen LogP contribution < -0.4 is 5.32 Å². The molecule has 0 aromatic rings. The molecule has 4 heteroatoms. The monoisotopic (exact) mass is 243 g/mol. The molecule has 1 atom stereocenters. The van der Waals surface area contributed by atoms with Crippen LogP contribution in [0.5, 0.6) is 0 Å². The Morgan fingerprint density at radius 3 is 2.50 bits per heavy atom. The Labute approximate surface area is 100 Å². The maximum absolute atomic E-state index is 11.4. The summed E-state index contributed by atoms with van der Waals surface area (Å²) in [5, 5.41) is 3.12. The first-order chi connectivity index (χ1) is 7.24. The van der Waals surface area contributed by atoms with Gasteiger partial charge >= 0.3 is 0 Å². The molecule has 0 spiro atoms. The number of carbonyl (C=O) groups excluding carboxylic acids is 1. The normalized spacial score (nSPS) is 22.3. The zero-order chi connectivity index (χ0) is 12.4. The van der Waals surface area contributed by atoms with E-state index in [1.54, 1.807) is 0 Å². The molecular formula is C12H25NO2Si. The molecule has 0 aliphatic carbocycles. The maximum atomic E-state index is 11.4. The molecule has 1 N–H and O–H groups in total. The van der Waals surface area contributed by atoms with Gasteiger partial charge in [-0.3, -0.25) is 4.79 Å². The minimum atomic E-state index is -1.63. The third-order valence-electron chi connectivity index (χ3n) is 3.90. The summed E-state index contributed by atoms with van der Waals surface area (Å²) in [6.07, 6.45) is 1.85. The van der Waals surface area contributed by atoms with Gasteiger partial charge in [0.15, 0.2) is 8.32 Å². The predicted molar refractivity (Wildman–Crippen MR) is 68.9 cm³/mol. The van der Waals surface area contributed by atoms with E-state index >= 15 is 0 Å². The first-order valence-electron chi connectivity index (χ1n) is 6.16. The molecule has 1 fully saturated rings. The van der Waals surface area contributed by atoms with E-state index < -0.39 is 8.32 Å². The molecule has 0 saturated carbocycles. The highest BCUT2D eigenvalue weighted by molar-refractivity contribution is 6.74. The van der Waals surface area contributed by atoms with Crippen LogP contribution in [-0.2, 0) is 9.22 Å². The topological polar surface area (TPSA) is 38.3 Å². The maximum Gasteiger partial charge on any atom is 0.223 e. The fraction of sp³-hybridized carbons (Fsp3) is 0.917. The second kappa shape index (κ2) is 4.88. The van der Waals surface area contributed by atoms with Crippen molar-refractivity contribution in [2.45, 2.75) is 51.7 Å². The lowest BCUT2D eigenvalue weighted by Gasteiger charge is -2.36. The summed E-state index contributed by atoms with van der Waals surface area (Å²) in [6.45, 7) is 12.8. The summed E-state index contributed by atoms with van der Waals surface area (Å²) in [5.41, 5.74) is 0. The third kappa shape index (κ3) is 3.32. The Hall–Kier alpha value is -0.353. The van der Waals surface area contributed by atoms with E-state index in [-0.39, 0.29) is 16.9 Å². The number of hydrogen-bond acceptors (Lipinski definition) is 2. The summed E-state index contributed by atoms with van der Waals surface area (Å²) < 4.78 is 6.06. The van der Waals surface area contributed by atoms with Gasteiger partial charge in [-0.15, -0.1) is 0 Å². The number of nitrogens with one attached hydrogen (secondary N) is 1. The Kier molecular flexibility index (Phi) is 4.18. The first-order valence-corrected chi connectivity index (χ1v) is 9.06. The molecule has 1 rings (SSSR count). The van der Waals surface area contributed by atoms with Crippen molar-refractivity contribution >= 4 is 14.2 Å². The van der Waals surface area contributed by atoms with Crippen LogP contribution in [0.15, 0.2) is 0 Å². The molecule has 1 heterocycles. The van der Waals surface area contributed by atoms with E-state index in [0.29, 0.717) is 0 Å². The van der Waals surface area contributed by atoms with Gasteiger partial charge < -0.3 is 9.74 Å². The average Bonchev–Trinajstić information content (AvgIpc) is 2.49. The lowest BCUT2D eigenvalue weighted by Crippen LogP contribution is -2.41. The molecule has 0 aromatic heterocycles. The molecule has 94 valence electrons. The first kappa shape index (κ1) is 13.7. The summed E-state index contributed by atoms with van der Waals surface area (Å²) >= 11 is 0. The number of hydrogen-bond donors (Lipinski definition) is 1. The van der Waals surface area contributed by atoms with E-state index in [0.717, 1.165) is 26.0 Å². The molecule has 0 radical (unpaired) electrons. The quantitative estimate of drug-likeness (QED) is 0.771. The minimum absolute atomic E-state index is 0.185. The summed E-state index contributed by atoms with van der Waals surface area (Å²) in [7, 11) is -1.63. The molecule has 1 saturated heterocycles. The van der Waals surface area contributed by atoms with Gasteiger partial charge in [0.05, 0.1) is 0 Å². The van der Waals surface area contributed by atoms with Crippen molar-refractivity contribution in [1.29, 1.82) is 0 Å². The second-order valence-corrected chi connectivity index (χ2v) is 11.0. The SMILES string of the molecule is CC(C)(C)[Si](C)(C)OCCC1CCNC1=O. The van der Waals surface area contributed by atoms with E-state index in [2.05, 4.69) is 39.2 Å². The van der Waals surface area contributed by atoms with Crippen LogP contribution in [-0.4, -0.2) is 27.4 Å². The van der Waals surface area contributed by atoms with Crippen molar-refractivity contribution in [3.8, 4) is 0 Å². The van der Waals surface area contributed by atoms with Crippen LogP contribution in [0.25, 0.3) is 0 Å². The van der Waals surface area contributed by atoms with Crippen LogP contribution in [0.1, 0.15) is 33.6 Å². The zero-order valence-corrected chi connectivity index (χ0v) is 12.2. The number of carbonyl (C=O) groups is 1. The van der Waals surface area contributed by atoms with Crippen LogP contribution in [0.2, 0.25) is 18.1 Å². The fourth-order valence-corrected chi connectivity index (χ4v) is 2.65. The summed E-state index contributed by atoms with van der Waals surface area (Å²) in [6, 6.07) is 0. The molecule has 1 unspecified atom stereocenters. The average molecular weight is 243 g/mol. The molecule has 1 aliphatic heterocycles. The van der Waals surface area contributed by atoms with Gasteiger partial charge in [0.2, 0.25) is 5.91 Å². The van der Waals surface area contributed by atoms with Gasteiger partial charge in [-0.25, -0.2) is 0 Å². The van der Waals surface area contributed by atoms with Gasteiger partial charge in [-0.1, -0.05) is 20.8 Å². The van der Waals surface area contributed by atoms with Crippen LogP contribution in [0.3, 0.4) is 0 Å². The van der Waals surface area contributed by atoms with Crippen molar-refractivity contribution in [3.05, 3.63) is 0 Å². The van der Waals surface area contributed by atoms with Crippen molar-refractivity contribution in [2.24, 2.45) is 5.92 Å². The Morgan fingerprint density at radius 1 is 1.44 bits per heavy atom. The standard InChI is InChI=1S/C12H25NO2Si/c1-12(2,3)16(4,5)15-9-7-10-6-8-13-11(10)14/h10H,6-9H2,1-5H3,(H,13,14). The van der Waals surface area contributed by atoms with Crippen molar-refractivity contribution in [3.63, 3.8) is 0 Å². The number of amides is 1. The molecule has 0 bridgehead atoms. The molecule has 16 heavy (non-hydrogen) atoms. The second-order valence-electron chi connectivity index (χ2n) is 6.17. The van der Waals surface area contributed by atoms with Gasteiger partial charge in [-0.2, -0.15) is 0 Å². The van der Waals surface area contributed by atoms with Gasteiger partial charge in [0.1, 0.15) is 0 Å². The largest absolute Gasteiger partial charge is 0.417 e. The highest BCUT2D eigenvalue weighted by Gasteiger charge is 2.37. The molecule has 0 aromatic carbocycles. The van der Waals surface area contributed by atoms with Crippen molar-refractivity contribution in [2.75, 3.05) is 13.2 Å². The highest BCUT2D eigenvalue weighted by Crippen LogP contribution is 2.36.